The van der Waals surface area contributed by atoms with Crippen LogP contribution in [0.4, 0.5) is 11.6 Å². The van der Waals surface area contributed by atoms with Crippen molar-refractivity contribution in [1.82, 2.24) is 14.3 Å². The Bertz CT molecular complexity index is 400. The van der Waals surface area contributed by atoms with Gasteiger partial charge in [-0.15, -0.1) is 0 Å². The molecule has 6 heteroatoms. The van der Waals surface area contributed by atoms with E-state index in [4.69, 9.17) is 5.73 Å². The van der Waals surface area contributed by atoms with E-state index in [0.29, 0.717) is 18.2 Å². The number of hydrogen-bond acceptors (Lipinski definition) is 6. The zero-order chi connectivity index (χ0) is 9.80. The number of nitrogens with one attached hydrogen (secondary N) is 1. The summed E-state index contributed by atoms with van der Waals surface area (Å²) >= 11 is 1.45. The smallest absolute Gasteiger partial charge is 0.169 e. The van der Waals surface area contributed by atoms with Gasteiger partial charge in [0.15, 0.2) is 11.6 Å². The molecule has 0 bridgehead atoms. The fourth-order valence-corrected chi connectivity index (χ4v) is 1.50. The molecule has 0 unspecified atom stereocenters. The summed E-state index contributed by atoms with van der Waals surface area (Å²) in [6, 6.07) is 1.95. The van der Waals surface area contributed by atoms with Crippen molar-refractivity contribution in [3.8, 4) is 0 Å². The molecule has 0 aromatic carbocycles. The van der Waals surface area contributed by atoms with Crippen molar-refractivity contribution in [2.24, 2.45) is 0 Å². The number of nitrogens with zero attached hydrogens (tertiary/aromatic N) is 3. The molecule has 72 valence electrons. The van der Waals surface area contributed by atoms with Gasteiger partial charge in [-0.1, -0.05) is 0 Å². The Morgan fingerprint density at radius 3 is 2.86 bits per heavy atom. The van der Waals surface area contributed by atoms with Crippen LogP contribution < -0.4 is 11.1 Å². The van der Waals surface area contributed by atoms with Crippen LogP contribution in [-0.2, 0) is 6.54 Å². The predicted molar refractivity (Wildman–Crippen MR) is 55.9 cm³/mol. The van der Waals surface area contributed by atoms with Crippen LogP contribution in [0.3, 0.4) is 0 Å². The zero-order valence-electron chi connectivity index (χ0n) is 7.34. The summed E-state index contributed by atoms with van der Waals surface area (Å²) in [5.41, 5.74) is 5.61. The minimum Gasteiger partial charge on any atom is -0.381 e. The number of anilines is 2. The van der Waals surface area contributed by atoms with E-state index in [0.717, 1.165) is 4.88 Å². The standard InChI is InChI=1S/C8H9N5S/c9-7-8(11-4-3-10-7)12-5-6-1-2-13-14-6/h1-4H,5H2,(H2,9,10)(H,11,12). The molecule has 2 rings (SSSR count). The minimum absolute atomic E-state index is 0.414. The molecule has 0 saturated carbocycles. The van der Waals surface area contributed by atoms with E-state index in [1.54, 1.807) is 18.6 Å². The largest absolute Gasteiger partial charge is 0.381 e. The van der Waals surface area contributed by atoms with Crippen molar-refractivity contribution in [2.75, 3.05) is 11.1 Å². The average molecular weight is 207 g/mol. The fraction of sp³-hybridized carbons (Fsp3) is 0.125. The molecule has 14 heavy (non-hydrogen) atoms. The molecule has 3 N–H and O–H groups in total. The third kappa shape index (κ3) is 1.97. The summed E-state index contributed by atoms with van der Waals surface area (Å²) in [6.45, 7) is 0.674. The summed E-state index contributed by atoms with van der Waals surface area (Å²) in [5, 5.41) is 3.09. The van der Waals surface area contributed by atoms with Gasteiger partial charge in [0.2, 0.25) is 0 Å². The van der Waals surface area contributed by atoms with Gasteiger partial charge in [-0.05, 0) is 17.6 Å². The highest BCUT2D eigenvalue weighted by molar-refractivity contribution is 7.05. The van der Waals surface area contributed by atoms with Gasteiger partial charge in [0.1, 0.15) is 0 Å². The first kappa shape index (κ1) is 8.89. The van der Waals surface area contributed by atoms with E-state index < -0.39 is 0 Å². The van der Waals surface area contributed by atoms with Crippen LogP contribution in [0, 0.1) is 0 Å². The first-order valence-corrected chi connectivity index (χ1v) is 4.83. The van der Waals surface area contributed by atoms with Crippen molar-refractivity contribution in [3.63, 3.8) is 0 Å². The topological polar surface area (TPSA) is 76.7 Å². The van der Waals surface area contributed by atoms with E-state index in [9.17, 15) is 0 Å². The molecule has 2 aromatic heterocycles. The molecule has 0 aliphatic rings. The molecule has 0 fully saturated rings. The maximum atomic E-state index is 5.61. The van der Waals surface area contributed by atoms with E-state index in [1.165, 1.54) is 11.5 Å². The van der Waals surface area contributed by atoms with Crippen LogP contribution in [0.2, 0.25) is 0 Å². The number of hydrogen-bond donors (Lipinski definition) is 2. The van der Waals surface area contributed by atoms with Crippen LogP contribution in [0.1, 0.15) is 4.88 Å². The molecule has 5 nitrogen and oxygen atoms in total. The SMILES string of the molecule is Nc1nccnc1NCc1ccns1. The van der Waals surface area contributed by atoms with Gasteiger partial charge >= 0.3 is 0 Å². The molecular weight excluding hydrogens is 198 g/mol. The molecule has 2 aromatic rings. The van der Waals surface area contributed by atoms with Crippen LogP contribution in [-0.4, -0.2) is 14.3 Å². The molecule has 0 amide bonds. The van der Waals surface area contributed by atoms with Crippen molar-refractivity contribution in [3.05, 3.63) is 29.5 Å². The Morgan fingerprint density at radius 1 is 1.29 bits per heavy atom. The molecule has 0 aliphatic carbocycles. The Labute approximate surface area is 85.2 Å². The first-order valence-electron chi connectivity index (χ1n) is 4.06. The first-order chi connectivity index (χ1) is 6.86. The molecule has 0 aliphatic heterocycles. The lowest BCUT2D eigenvalue weighted by Crippen LogP contribution is -2.04. The molecule has 0 saturated heterocycles. The highest BCUT2D eigenvalue weighted by Crippen LogP contribution is 2.12. The van der Waals surface area contributed by atoms with E-state index in [1.807, 2.05) is 6.07 Å². The summed E-state index contributed by atoms with van der Waals surface area (Å²) < 4.78 is 3.99. The third-order valence-corrected chi connectivity index (χ3v) is 2.39. The van der Waals surface area contributed by atoms with Gasteiger partial charge < -0.3 is 11.1 Å². The summed E-state index contributed by atoms with van der Waals surface area (Å²) in [7, 11) is 0. The molecule has 0 spiro atoms. The van der Waals surface area contributed by atoms with Gasteiger partial charge in [-0.25, -0.2) is 14.3 Å². The normalized spacial score (nSPS) is 10.0. The van der Waals surface area contributed by atoms with Crippen LogP contribution in [0.5, 0.6) is 0 Å². The van der Waals surface area contributed by atoms with Gasteiger partial charge in [0.05, 0.1) is 6.54 Å². The van der Waals surface area contributed by atoms with E-state index >= 15 is 0 Å². The second kappa shape index (κ2) is 4.01. The van der Waals surface area contributed by atoms with Gasteiger partial charge in [0.25, 0.3) is 0 Å². The fourth-order valence-electron chi connectivity index (χ4n) is 0.989. The number of aromatic nitrogens is 3. The summed E-state index contributed by atoms with van der Waals surface area (Å²) in [5.74, 6) is 1.03. The maximum Gasteiger partial charge on any atom is 0.169 e. The average Bonchev–Trinajstić information content (AvgIpc) is 2.69. The van der Waals surface area contributed by atoms with Crippen molar-refractivity contribution < 1.29 is 0 Å². The molecule has 0 radical (unpaired) electrons. The van der Waals surface area contributed by atoms with Gasteiger partial charge in [-0.2, -0.15) is 0 Å². The maximum absolute atomic E-state index is 5.61. The summed E-state index contributed by atoms with van der Waals surface area (Å²) in [4.78, 5) is 9.12. The van der Waals surface area contributed by atoms with E-state index in [2.05, 4.69) is 19.7 Å². The molecule has 2 heterocycles. The zero-order valence-corrected chi connectivity index (χ0v) is 8.16. The number of nitrogens with two attached hydrogens (primary N) is 1. The Hall–Kier alpha value is -1.69. The lowest BCUT2D eigenvalue weighted by molar-refractivity contribution is 1.11. The van der Waals surface area contributed by atoms with Crippen molar-refractivity contribution in [1.29, 1.82) is 0 Å². The Kier molecular flexibility index (Phi) is 2.55. The highest BCUT2D eigenvalue weighted by atomic mass is 32.1. The quantitative estimate of drug-likeness (QED) is 0.788. The molecular formula is C8H9N5S. The lowest BCUT2D eigenvalue weighted by Gasteiger charge is -2.04. The Morgan fingerprint density at radius 2 is 2.14 bits per heavy atom. The lowest BCUT2D eigenvalue weighted by atomic mass is 10.4. The van der Waals surface area contributed by atoms with Crippen LogP contribution in [0.15, 0.2) is 24.7 Å². The van der Waals surface area contributed by atoms with E-state index in [-0.39, 0.29) is 0 Å². The highest BCUT2D eigenvalue weighted by Gasteiger charge is 2.00. The summed E-state index contributed by atoms with van der Waals surface area (Å²) in [6.07, 6.45) is 4.93. The van der Waals surface area contributed by atoms with Gasteiger partial charge in [0, 0.05) is 23.5 Å². The second-order valence-electron chi connectivity index (χ2n) is 2.62. The Balaban J connectivity index is 2.02. The predicted octanol–water partition coefficient (Wildman–Crippen LogP) is 1.13. The monoisotopic (exact) mass is 207 g/mol. The third-order valence-electron chi connectivity index (χ3n) is 1.65. The van der Waals surface area contributed by atoms with Crippen LogP contribution in [0.25, 0.3) is 0 Å². The van der Waals surface area contributed by atoms with Crippen LogP contribution >= 0.6 is 11.5 Å². The second-order valence-corrected chi connectivity index (χ2v) is 3.54. The number of rotatable bonds is 3. The minimum atomic E-state index is 0.414. The van der Waals surface area contributed by atoms with Crippen molar-refractivity contribution >= 4 is 23.2 Å². The number of nitrogen functional groups attached to an aromatic ring is 1. The van der Waals surface area contributed by atoms with Gasteiger partial charge in [-0.3, -0.25) is 0 Å². The van der Waals surface area contributed by atoms with Crippen molar-refractivity contribution in [2.45, 2.75) is 6.54 Å². The molecule has 0 atom stereocenters.